The van der Waals surface area contributed by atoms with Gasteiger partial charge >= 0.3 is 0 Å². The summed E-state index contributed by atoms with van der Waals surface area (Å²) in [5, 5.41) is 0. The molecule has 2 heterocycles. The number of hydrogen-bond acceptors (Lipinski definition) is 5. The molecule has 0 amide bonds. The number of hydrazine groups is 1. The number of nitrogen functional groups attached to an aromatic ring is 1. The summed E-state index contributed by atoms with van der Waals surface area (Å²) in [4.78, 5) is 13.5. The van der Waals surface area contributed by atoms with Crippen molar-refractivity contribution >= 4 is 5.82 Å². The molecule has 0 bridgehead atoms. The van der Waals surface area contributed by atoms with Gasteiger partial charge in [-0.3, -0.25) is 0 Å². The van der Waals surface area contributed by atoms with Crippen molar-refractivity contribution in [1.82, 2.24) is 19.5 Å². The van der Waals surface area contributed by atoms with Crippen molar-refractivity contribution < 1.29 is 0 Å². The van der Waals surface area contributed by atoms with Gasteiger partial charge in [-0.05, 0) is 25.7 Å². The van der Waals surface area contributed by atoms with Crippen LogP contribution in [0.4, 0.5) is 5.82 Å². The van der Waals surface area contributed by atoms with E-state index in [1.165, 1.54) is 19.3 Å². The molecule has 2 aromatic rings. The average Bonchev–Trinajstić information content (AvgIpc) is 2.71. The first-order chi connectivity index (χ1) is 9.29. The van der Waals surface area contributed by atoms with E-state index in [1.807, 2.05) is 17.8 Å². The Balaban J connectivity index is 2.13. The molecule has 0 aromatic carbocycles. The highest BCUT2D eigenvalue weighted by atomic mass is 15.3. The lowest BCUT2D eigenvalue weighted by Crippen LogP contribution is -2.15. The molecule has 3 N–H and O–H groups in total. The van der Waals surface area contributed by atoms with Crippen LogP contribution < -0.4 is 11.3 Å². The molecule has 2 aromatic heterocycles. The molecule has 6 heteroatoms. The summed E-state index contributed by atoms with van der Waals surface area (Å²) in [6, 6.07) is 0. The van der Waals surface area contributed by atoms with Gasteiger partial charge < -0.3 is 9.99 Å². The molecule has 0 unspecified atom stereocenters. The van der Waals surface area contributed by atoms with E-state index in [-0.39, 0.29) is 0 Å². The van der Waals surface area contributed by atoms with Gasteiger partial charge in [-0.1, -0.05) is 6.42 Å². The van der Waals surface area contributed by atoms with Crippen LogP contribution >= 0.6 is 0 Å². The number of nitrogens with two attached hydrogens (primary N) is 1. The van der Waals surface area contributed by atoms with Crippen molar-refractivity contribution in [2.24, 2.45) is 12.9 Å². The van der Waals surface area contributed by atoms with Gasteiger partial charge in [0.15, 0.2) is 11.6 Å². The lowest BCUT2D eigenvalue weighted by molar-refractivity contribution is 0.709. The van der Waals surface area contributed by atoms with Gasteiger partial charge in [0.1, 0.15) is 5.82 Å². The van der Waals surface area contributed by atoms with Crippen LogP contribution in [-0.4, -0.2) is 19.5 Å². The van der Waals surface area contributed by atoms with Gasteiger partial charge in [-0.2, -0.15) is 0 Å². The maximum atomic E-state index is 5.62. The maximum Gasteiger partial charge on any atom is 0.198 e. The summed E-state index contributed by atoms with van der Waals surface area (Å²) in [6.07, 6.45) is 9.21. The standard InChI is InChI=1S/C13H18N6/c1-19-8-7-15-13(19)12-16-10-6-4-2-3-5-9(10)11(17-12)18-14/h7-8H,2-6,14H2,1H3,(H,16,17,18). The van der Waals surface area contributed by atoms with Crippen molar-refractivity contribution in [2.75, 3.05) is 5.43 Å². The third-order valence-electron chi connectivity index (χ3n) is 3.59. The Morgan fingerprint density at radius 3 is 2.79 bits per heavy atom. The monoisotopic (exact) mass is 258 g/mol. The molecule has 0 saturated heterocycles. The first-order valence-electron chi connectivity index (χ1n) is 6.63. The number of aromatic nitrogens is 4. The van der Waals surface area contributed by atoms with E-state index in [9.17, 15) is 0 Å². The summed E-state index contributed by atoms with van der Waals surface area (Å²) in [6.45, 7) is 0. The molecule has 1 aliphatic carbocycles. The molecular weight excluding hydrogens is 240 g/mol. The fraction of sp³-hybridized carbons (Fsp3) is 0.462. The second-order valence-corrected chi connectivity index (χ2v) is 4.89. The number of fused-ring (bicyclic) bond motifs is 1. The Bertz CT molecular complexity index is 589. The third kappa shape index (κ3) is 2.19. The smallest absolute Gasteiger partial charge is 0.198 e. The quantitative estimate of drug-likeness (QED) is 0.484. The van der Waals surface area contributed by atoms with Gasteiger partial charge in [0.2, 0.25) is 0 Å². The summed E-state index contributed by atoms with van der Waals surface area (Å²) in [5.41, 5.74) is 4.99. The lowest BCUT2D eigenvalue weighted by atomic mass is 10.1. The molecule has 19 heavy (non-hydrogen) atoms. The Hall–Kier alpha value is -1.95. The summed E-state index contributed by atoms with van der Waals surface area (Å²) < 4.78 is 1.92. The van der Waals surface area contributed by atoms with E-state index < -0.39 is 0 Å². The molecule has 0 radical (unpaired) electrons. The normalized spacial score (nSPS) is 14.8. The highest BCUT2D eigenvalue weighted by molar-refractivity contribution is 5.54. The molecule has 0 spiro atoms. The van der Waals surface area contributed by atoms with Crippen LogP contribution in [0.15, 0.2) is 12.4 Å². The average molecular weight is 258 g/mol. The first-order valence-corrected chi connectivity index (χ1v) is 6.63. The van der Waals surface area contributed by atoms with E-state index in [2.05, 4.69) is 15.4 Å². The Morgan fingerprint density at radius 1 is 1.21 bits per heavy atom. The van der Waals surface area contributed by atoms with Crippen LogP contribution in [0.25, 0.3) is 11.6 Å². The Labute approximate surface area is 112 Å². The largest absolute Gasteiger partial charge is 0.331 e. The van der Waals surface area contributed by atoms with Crippen molar-refractivity contribution in [3.63, 3.8) is 0 Å². The summed E-state index contributed by atoms with van der Waals surface area (Å²) in [5.74, 6) is 7.77. The maximum absolute atomic E-state index is 5.62. The molecule has 0 atom stereocenters. The summed E-state index contributed by atoms with van der Waals surface area (Å²) >= 11 is 0. The fourth-order valence-electron chi connectivity index (χ4n) is 2.57. The number of hydrogen-bond donors (Lipinski definition) is 2. The first kappa shape index (κ1) is 12.1. The SMILES string of the molecule is Cn1ccnc1-c1nc2c(c(NN)n1)CCCCC2. The minimum Gasteiger partial charge on any atom is -0.331 e. The van der Waals surface area contributed by atoms with E-state index in [0.29, 0.717) is 5.82 Å². The second kappa shape index (κ2) is 4.97. The number of anilines is 1. The van der Waals surface area contributed by atoms with Crippen LogP contribution in [0.1, 0.15) is 30.5 Å². The highest BCUT2D eigenvalue weighted by Gasteiger charge is 2.18. The third-order valence-corrected chi connectivity index (χ3v) is 3.59. The van der Waals surface area contributed by atoms with E-state index in [1.54, 1.807) is 6.20 Å². The Morgan fingerprint density at radius 2 is 2.05 bits per heavy atom. The van der Waals surface area contributed by atoms with Gasteiger partial charge in [0.05, 0.1) is 0 Å². The zero-order chi connectivity index (χ0) is 13.2. The molecule has 6 nitrogen and oxygen atoms in total. The lowest BCUT2D eigenvalue weighted by Gasteiger charge is -2.12. The number of nitrogens with one attached hydrogen (secondary N) is 1. The van der Waals surface area contributed by atoms with Crippen molar-refractivity contribution in [3.8, 4) is 11.6 Å². The van der Waals surface area contributed by atoms with Crippen LogP contribution in [-0.2, 0) is 19.9 Å². The molecular formula is C13H18N6. The minimum absolute atomic E-state index is 0.640. The van der Waals surface area contributed by atoms with E-state index >= 15 is 0 Å². The zero-order valence-electron chi connectivity index (χ0n) is 11.1. The number of rotatable bonds is 2. The topological polar surface area (TPSA) is 81.7 Å². The van der Waals surface area contributed by atoms with Crippen LogP contribution in [0.3, 0.4) is 0 Å². The van der Waals surface area contributed by atoms with Crippen molar-refractivity contribution in [2.45, 2.75) is 32.1 Å². The molecule has 3 rings (SSSR count). The van der Waals surface area contributed by atoms with Crippen molar-refractivity contribution in [3.05, 3.63) is 23.7 Å². The predicted octanol–water partition coefficient (Wildman–Crippen LogP) is 1.43. The van der Waals surface area contributed by atoms with Crippen molar-refractivity contribution in [1.29, 1.82) is 0 Å². The predicted molar refractivity (Wildman–Crippen MR) is 73.3 cm³/mol. The molecule has 0 saturated carbocycles. The highest BCUT2D eigenvalue weighted by Crippen LogP contribution is 2.26. The number of nitrogens with zero attached hydrogens (tertiary/aromatic N) is 4. The molecule has 0 aliphatic heterocycles. The van der Waals surface area contributed by atoms with E-state index in [4.69, 9.17) is 10.8 Å². The van der Waals surface area contributed by atoms with Gasteiger partial charge in [0, 0.05) is 30.7 Å². The Kier molecular flexibility index (Phi) is 3.16. The molecule has 0 fully saturated rings. The number of imidazole rings is 1. The van der Waals surface area contributed by atoms with Crippen LogP contribution in [0.2, 0.25) is 0 Å². The van der Waals surface area contributed by atoms with Gasteiger partial charge in [0.25, 0.3) is 0 Å². The molecule has 100 valence electrons. The zero-order valence-corrected chi connectivity index (χ0v) is 11.1. The van der Waals surface area contributed by atoms with Gasteiger partial charge in [-0.25, -0.2) is 20.8 Å². The molecule has 1 aliphatic rings. The van der Waals surface area contributed by atoms with Gasteiger partial charge in [-0.15, -0.1) is 0 Å². The van der Waals surface area contributed by atoms with E-state index in [0.717, 1.165) is 35.7 Å². The fourth-order valence-corrected chi connectivity index (χ4v) is 2.57. The van der Waals surface area contributed by atoms with Crippen LogP contribution in [0, 0.1) is 0 Å². The van der Waals surface area contributed by atoms with Crippen LogP contribution in [0.5, 0.6) is 0 Å². The minimum atomic E-state index is 0.640. The second-order valence-electron chi connectivity index (χ2n) is 4.89. The summed E-state index contributed by atoms with van der Waals surface area (Å²) in [7, 11) is 1.94. The number of aryl methyl sites for hydroxylation is 2.